The van der Waals surface area contributed by atoms with Crippen molar-refractivity contribution >= 4 is 29.2 Å². The van der Waals surface area contributed by atoms with Crippen LogP contribution in [0.2, 0.25) is 5.02 Å². The molecule has 0 spiro atoms. The summed E-state index contributed by atoms with van der Waals surface area (Å²) in [4.78, 5) is 26.8. The fourth-order valence-corrected chi connectivity index (χ4v) is 3.48. The first-order valence-corrected chi connectivity index (χ1v) is 9.72. The lowest BCUT2D eigenvalue weighted by Gasteiger charge is -2.32. The fraction of sp³-hybridized carbons (Fsp3) is 0.333. The van der Waals surface area contributed by atoms with Gasteiger partial charge in [-0.1, -0.05) is 17.7 Å². The molecule has 0 bridgehead atoms. The minimum Gasteiger partial charge on any atom is -0.497 e. The zero-order valence-corrected chi connectivity index (χ0v) is 17.2. The molecule has 7 nitrogen and oxygen atoms in total. The van der Waals surface area contributed by atoms with Gasteiger partial charge >= 0.3 is 6.03 Å². The molecule has 0 aromatic heterocycles. The number of urea groups is 1. The van der Waals surface area contributed by atoms with Crippen LogP contribution >= 0.6 is 11.6 Å². The number of hydrogen-bond acceptors (Lipinski definition) is 4. The molecule has 0 radical (unpaired) electrons. The van der Waals surface area contributed by atoms with E-state index in [2.05, 4.69) is 10.6 Å². The smallest absolute Gasteiger partial charge is 0.319 e. The maximum Gasteiger partial charge on any atom is 0.319 e. The molecule has 2 N–H and O–H groups in total. The van der Waals surface area contributed by atoms with Gasteiger partial charge in [0, 0.05) is 35.9 Å². The standard InChI is InChI=1S/C21H24ClN3O4/c1-28-17-6-7-18(19(13-17)29-2)20(26)25-10-8-15(9-11-25)23-21(27)24-16-5-3-4-14(22)12-16/h3-7,12-13,15H,8-11H2,1-2H3,(H2,23,24,27). The Hall–Kier alpha value is -2.93. The lowest BCUT2D eigenvalue weighted by molar-refractivity contribution is 0.0705. The molecule has 8 heteroatoms. The topological polar surface area (TPSA) is 79.9 Å². The van der Waals surface area contributed by atoms with Gasteiger partial charge in [-0.25, -0.2) is 4.79 Å². The Labute approximate surface area is 174 Å². The lowest BCUT2D eigenvalue weighted by Crippen LogP contribution is -2.47. The summed E-state index contributed by atoms with van der Waals surface area (Å²) in [6, 6.07) is 11.8. The van der Waals surface area contributed by atoms with Crippen molar-refractivity contribution in [2.24, 2.45) is 0 Å². The predicted octanol–water partition coefficient (Wildman–Crippen LogP) is 3.78. The van der Waals surface area contributed by atoms with Gasteiger partial charge in [0.1, 0.15) is 11.5 Å². The summed E-state index contributed by atoms with van der Waals surface area (Å²) in [5, 5.41) is 6.28. The summed E-state index contributed by atoms with van der Waals surface area (Å²) >= 11 is 5.93. The van der Waals surface area contributed by atoms with Crippen LogP contribution < -0.4 is 20.1 Å². The molecule has 3 rings (SSSR count). The number of halogens is 1. The third kappa shape index (κ3) is 5.32. The Balaban J connectivity index is 1.53. The highest BCUT2D eigenvalue weighted by Gasteiger charge is 2.26. The average Bonchev–Trinajstić information content (AvgIpc) is 2.73. The quantitative estimate of drug-likeness (QED) is 0.775. The highest BCUT2D eigenvalue weighted by Crippen LogP contribution is 2.26. The normalized spacial score (nSPS) is 14.2. The molecule has 3 amide bonds. The molecule has 1 heterocycles. The zero-order valence-electron chi connectivity index (χ0n) is 16.4. The van der Waals surface area contributed by atoms with Crippen LogP contribution in [0.4, 0.5) is 10.5 Å². The van der Waals surface area contributed by atoms with Gasteiger partial charge in [0.25, 0.3) is 5.91 Å². The van der Waals surface area contributed by atoms with Crippen LogP contribution in [0.1, 0.15) is 23.2 Å². The summed E-state index contributed by atoms with van der Waals surface area (Å²) < 4.78 is 10.5. The number of rotatable bonds is 5. The molecule has 0 saturated carbocycles. The summed E-state index contributed by atoms with van der Waals surface area (Å²) in [5.41, 5.74) is 1.13. The van der Waals surface area contributed by atoms with Crippen molar-refractivity contribution in [1.82, 2.24) is 10.2 Å². The number of amides is 3. The summed E-state index contributed by atoms with van der Waals surface area (Å²) in [7, 11) is 3.09. The highest BCUT2D eigenvalue weighted by atomic mass is 35.5. The van der Waals surface area contributed by atoms with E-state index < -0.39 is 0 Å². The van der Waals surface area contributed by atoms with E-state index in [1.807, 2.05) is 0 Å². The van der Waals surface area contributed by atoms with Crippen LogP contribution in [-0.2, 0) is 0 Å². The molecule has 2 aromatic carbocycles. The van der Waals surface area contributed by atoms with E-state index in [1.165, 1.54) is 7.11 Å². The van der Waals surface area contributed by atoms with Gasteiger partial charge < -0.3 is 25.0 Å². The molecular formula is C21H24ClN3O4. The van der Waals surface area contributed by atoms with Crippen LogP contribution in [0.3, 0.4) is 0 Å². The third-order valence-corrected chi connectivity index (χ3v) is 5.07. The summed E-state index contributed by atoms with van der Waals surface area (Å²) in [6.45, 7) is 1.10. The van der Waals surface area contributed by atoms with Crippen molar-refractivity contribution in [3.63, 3.8) is 0 Å². The van der Waals surface area contributed by atoms with Gasteiger partial charge in [-0.3, -0.25) is 4.79 Å². The number of likely N-dealkylation sites (tertiary alicyclic amines) is 1. The fourth-order valence-electron chi connectivity index (χ4n) is 3.29. The van der Waals surface area contributed by atoms with E-state index in [0.29, 0.717) is 53.7 Å². The number of carbonyl (C=O) groups excluding carboxylic acids is 2. The molecule has 154 valence electrons. The molecule has 1 fully saturated rings. The zero-order chi connectivity index (χ0) is 20.8. The number of hydrogen-bond donors (Lipinski definition) is 2. The molecule has 1 aliphatic heterocycles. The molecule has 0 aliphatic carbocycles. The van der Waals surface area contributed by atoms with E-state index in [4.69, 9.17) is 21.1 Å². The molecular weight excluding hydrogens is 394 g/mol. The lowest BCUT2D eigenvalue weighted by atomic mass is 10.0. The van der Waals surface area contributed by atoms with E-state index in [0.717, 1.165) is 0 Å². The first-order valence-electron chi connectivity index (χ1n) is 9.34. The number of carbonyl (C=O) groups is 2. The van der Waals surface area contributed by atoms with Crippen LogP contribution in [-0.4, -0.2) is 50.2 Å². The van der Waals surface area contributed by atoms with Gasteiger partial charge in [-0.15, -0.1) is 0 Å². The number of piperidine rings is 1. The molecule has 0 atom stereocenters. The van der Waals surface area contributed by atoms with Crippen molar-refractivity contribution in [2.45, 2.75) is 18.9 Å². The predicted molar refractivity (Wildman–Crippen MR) is 112 cm³/mol. The number of anilines is 1. The van der Waals surface area contributed by atoms with E-state index >= 15 is 0 Å². The molecule has 0 unspecified atom stereocenters. The van der Waals surface area contributed by atoms with Gasteiger partial charge in [0.15, 0.2) is 0 Å². The monoisotopic (exact) mass is 417 g/mol. The summed E-state index contributed by atoms with van der Waals surface area (Å²) in [5.74, 6) is 1.02. The highest BCUT2D eigenvalue weighted by molar-refractivity contribution is 6.30. The Bertz CT molecular complexity index is 882. The van der Waals surface area contributed by atoms with Crippen molar-refractivity contribution < 1.29 is 19.1 Å². The first-order chi connectivity index (χ1) is 14.0. The van der Waals surface area contributed by atoms with Gasteiger partial charge in [0.05, 0.1) is 19.8 Å². The summed E-state index contributed by atoms with van der Waals surface area (Å²) in [6.07, 6.45) is 1.35. The number of ether oxygens (including phenoxy) is 2. The minimum absolute atomic E-state index is 0.00371. The maximum absolute atomic E-state index is 12.9. The SMILES string of the molecule is COc1ccc(C(=O)N2CCC(NC(=O)Nc3cccc(Cl)c3)CC2)c(OC)c1. The van der Waals surface area contributed by atoms with Crippen LogP contribution in [0, 0.1) is 0 Å². The number of methoxy groups -OCH3 is 2. The Morgan fingerprint density at radius 3 is 2.48 bits per heavy atom. The van der Waals surface area contributed by atoms with Gasteiger partial charge in [-0.05, 0) is 43.2 Å². The van der Waals surface area contributed by atoms with Crippen molar-refractivity contribution in [2.75, 3.05) is 32.6 Å². The number of nitrogens with one attached hydrogen (secondary N) is 2. The van der Waals surface area contributed by atoms with Gasteiger partial charge in [0.2, 0.25) is 0 Å². The number of benzene rings is 2. The second-order valence-corrected chi connectivity index (χ2v) is 7.18. The van der Waals surface area contributed by atoms with Crippen LogP contribution in [0.25, 0.3) is 0 Å². The van der Waals surface area contributed by atoms with Crippen molar-refractivity contribution in [3.8, 4) is 11.5 Å². The Morgan fingerprint density at radius 1 is 1.07 bits per heavy atom. The average molecular weight is 418 g/mol. The molecule has 29 heavy (non-hydrogen) atoms. The van der Waals surface area contributed by atoms with Crippen LogP contribution in [0.5, 0.6) is 11.5 Å². The van der Waals surface area contributed by atoms with Crippen LogP contribution in [0.15, 0.2) is 42.5 Å². The minimum atomic E-state index is -0.283. The molecule has 1 aliphatic rings. The van der Waals surface area contributed by atoms with Gasteiger partial charge in [-0.2, -0.15) is 0 Å². The molecule has 1 saturated heterocycles. The number of nitrogens with zero attached hydrogens (tertiary/aromatic N) is 1. The largest absolute Gasteiger partial charge is 0.497 e. The second-order valence-electron chi connectivity index (χ2n) is 6.74. The maximum atomic E-state index is 12.9. The van der Waals surface area contributed by atoms with E-state index in [-0.39, 0.29) is 18.0 Å². The third-order valence-electron chi connectivity index (χ3n) is 4.84. The second kappa shape index (κ2) is 9.52. The van der Waals surface area contributed by atoms with E-state index in [9.17, 15) is 9.59 Å². The Morgan fingerprint density at radius 2 is 1.83 bits per heavy atom. The van der Waals surface area contributed by atoms with Crippen molar-refractivity contribution in [1.29, 1.82) is 0 Å². The molecule has 2 aromatic rings. The van der Waals surface area contributed by atoms with E-state index in [1.54, 1.807) is 54.5 Å². The Kier molecular flexibility index (Phi) is 6.82. The van der Waals surface area contributed by atoms with Crippen molar-refractivity contribution in [3.05, 3.63) is 53.1 Å². The first kappa shape index (κ1) is 20.8.